The topological polar surface area (TPSA) is 57.4 Å². The van der Waals surface area contributed by atoms with E-state index in [2.05, 4.69) is 10.1 Å². The lowest BCUT2D eigenvalue weighted by Gasteiger charge is -2.11. The lowest BCUT2D eigenvalue weighted by atomic mass is 10.2. The van der Waals surface area contributed by atoms with E-state index < -0.39 is 23.7 Å². The lowest BCUT2D eigenvalue weighted by molar-refractivity contribution is -0.155. The molecule has 0 bridgehead atoms. The van der Waals surface area contributed by atoms with Gasteiger partial charge in [0.2, 0.25) is 12.1 Å². The minimum Gasteiger partial charge on any atom is -0.345 e. The van der Waals surface area contributed by atoms with Crippen LogP contribution < -0.4 is 0 Å². The summed E-state index contributed by atoms with van der Waals surface area (Å²) in [7, 11) is 0. The molecule has 8 heteroatoms. The van der Waals surface area contributed by atoms with Crippen LogP contribution in [0.2, 0.25) is 0 Å². The predicted octanol–water partition coefficient (Wildman–Crippen LogP) is 3.23. The summed E-state index contributed by atoms with van der Waals surface area (Å²) in [5.41, 5.74) is -0.0480. The Morgan fingerprint density at radius 1 is 1.10 bits per heavy atom. The van der Waals surface area contributed by atoms with Crippen molar-refractivity contribution >= 4 is 0 Å². The Labute approximate surface area is 118 Å². The quantitative estimate of drug-likeness (QED) is 0.605. The first-order valence-electron chi connectivity index (χ1n) is 6.28. The first kappa shape index (κ1) is 15.5. The molecule has 0 amide bonds. The van der Waals surface area contributed by atoms with Crippen LogP contribution in [0.3, 0.4) is 0 Å². The van der Waals surface area contributed by atoms with Gasteiger partial charge in [-0.25, -0.2) is 13.2 Å². The van der Waals surface area contributed by atoms with Crippen LogP contribution in [0.1, 0.15) is 26.0 Å². The van der Waals surface area contributed by atoms with Gasteiger partial charge in [0.1, 0.15) is 0 Å². The second-order valence-electron chi connectivity index (χ2n) is 3.95. The highest BCUT2D eigenvalue weighted by Gasteiger charge is 2.21. The molecule has 0 fully saturated rings. The SMILES string of the molecule is CCOC(OCC)c1nc(-c2cc(F)c(F)c(F)c2)no1. The molecule has 0 saturated heterocycles. The van der Waals surface area contributed by atoms with Crippen LogP contribution in [0.4, 0.5) is 13.2 Å². The van der Waals surface area contributed by atoms with Gasteiger partial charge in [-0.05, 0) is 26.0 Å². The van der Waals surface area contributed by atoms with Crippen molar-refractivity contribution in [1.82, 2.24) is 10.1 Å². The molecule has 1 heterocycles. The van der Waals surface area contributed by atoms with Crippen LogP contribution in [-0.2, 0) is 9.47 Å². The summed E-state index contributed by atoms with van der Waals surface area (Å²) in [5, 5.41) is 3.58. The van der Waals surface area contributed by atoms with Crippen molar-refractivity contribution in [2.24, 2.45) is 0 Å². The minimum atomic E-state index is -1.55. The van der Waals surface area contributed by atoms with Crippen LogP contribution in [0.25, 0.3) is 11.4 Å². The Morgan fingerprint density at radius 3 is 2.19 bits per heavy atom. The number of rotatable bonds is 6. The third kappa shape index (κ3) is 3.40. The molecule has 114 valence electrons. The fourth-order valence-corrected chi connectivity index (χ4v) is 1.63. The molecule has 0 unspecified atom stereocenters. The summed E-state index contributed by atoms with van der Waals surface area (Å²) < 4.78 is 54.7. The molecular weight excluding hydrogens is 289 g/mol. The average Bonchev–Trinajstić information content (AvgIpc) is 2.93. The molecular formula is C13H13F3N2O3. The zero-order valence-corrected chi connectivity index (χ0v) is 11.4. The molecule has 5 nitrogen and oxygen atoms in total. The monoisotopic (exact) mass is 302 g/mol. The number of hydrogen-bond acceptors (Lipinski definition) is 5. The van der Waals surface area contributed by atoms with E-state index in [1.165, 1.54) is 0 Å². The van der Waals surface area contributed by atoms with Gasteiger partial charge < -0.3 is 14.0 Å². The Morgan fingerprint density at radius 2 is 1.67 bits per heavy atom. The fourth-order valence-electron chi connectivity index (χ4n) is 1.63. The zero-order valence-electron chi connectivity index (χ0n) is 11.4. The number of aromatic nitrogens is 2. The minimum absolute atomic E-state index is 0.0128. The first-order chi connectivity index (χ1) is 10.1. The van der Waals surface area contributed by atoms with Crippen molar-refractivity contribution < 1.29 is 27.2 Å². The Hall–Kier alpha value is -1.93. The standard InChI is InChI=1S/C13H13F3N2O3/c1-3-19-13(20-4-2)12-17-11(18-21-12)7-5-8(14)10(16)9(15)6-7/h5-6,13H,3-4H2,1-2H3. The van der Waals surface area contributed by atoms with Crippen LogP contribution >= 0.6 is 0 Å². The molecule has 0 aliphatic rings. The van der Waals surface area contributed by atoms with Crippen molar-refractivity contribution in [3.05, 3.63) is 35.5 Å². The number of ether oxygens (including phenoxy) is 2. The van der Waals surface area contributed by atoms with Gasteiger partial charge in [-0.3, -0.25) is 0 Å². The molecule has 2 aromatic rings. The van der Waals surface area contributed by atoms with Gasteiger partial charge in [-0.2, -0.15) is 4.98 Å². The van der Waals surface area contributed by atoms with Crippen molar-refractivity contribution in [3.63, 3.8) is 0 Å². The molecule has 21 heavy (non-hydrogen) atoms. The van der Waals surface area contributed by atoms with Crippen molar-refractivity contribution in [2.45, 2.75) is 20.1 Å². The molecule has 0 aliphatic carbocycles. The number of benzene rings is 1. The van der Waals surface area contributed by atoms with E-state index in [4.69, 9.17) is 14.0 Å². The van der Waals surface area contributed by atoms with Gasteiger partial charge in [-0.1, -0.05) is 5.16 Å². The molecule has 0 spiro atoms. The average molecular weight is 302 g/mol. The van der Waals surface area contributed by atoms with Crippen molar-refractivity contribution in [1.29, 1.82) is 0 Å². The largest absolute Gasteiger partial charge is 0.345 e. The Kier molecular flexibility index (Phi) is 4.92. The zero-order chi connectivity index (χ0) is 15.4. The van der Waals surface area contributed by atoms with Crippen LogP contribution in [-0.4, -0.2) is 23.4 Å². The Balaban J connectivity index is 2.30. The summed E-state index contributed by atoms with van der Waals surface area (Å²) in [5.74, 6) is -4.29. The van der Waals surface area contributed by atoms with E-state index in [0.29, 0.717) is 13.2 Å². The molecule has 0 atom stereocenters. The van der Waals surface area contributed by atoms with Gasteiger partial charge in [-0.15, -0.1) is 0 Å². The van der Waals surface area contributed by atoms with E-state index in [1.807, 2.05) is 0 Å². The van der Waals surface area contributed by atoms with Gasteiger partial charge in [0.05, 0.1) is 0 Å². The summed E-state index contributed by atoms with van der Waals surface area (Å²) in [6.07, 6.45) is -0.864. The summed E-state index contributed by atoms with van der Waals surface area (Å²) in [6, 6.07) is 1.56. The first-order valence-corrected chi connectivity index (χ1v) is 6.28. The second kappa shape index (κ2) is 6.68. The normalized spacial score (nSPS) is 11.3. The highest BCUT2D eigenvalue weighted by atomic mass is 19.2. The van der Waals surface area contributed by atoms with Crippen LogP contribution in [0, 0.1) is 17.5 Å². The second-order valence-corrected chi connectivity index (χ2v) is 3.95. The molecule has 0 saturated carbocycles. The molecule has 0 N–H and O–H groups in total. The highest BCUT2D eigenvalue weighted by molar-refractivity contribution is 5.54. The van der Waals surface area contributed by atoms with E-state index >= 15 is 0 Å². The van der Waals surface area contributed by atoms with E-state index in [0.717, 1.165) is 12.1 Å². The van der Waals surface area contributed by atoms with Gasteiger partial charge in [0, 0.05) is 18.8 Å². The lowest BCUT2D eigenvalue weighted by Crippen LogP contribution is -2.09. The maximum atomic E-state index is 13.2. The van der Waals surface area contributed by atoms with E-state index in [9.17, 15) is 13.2 Å². The summed E-state index contributed by atoms with van der Waals surface area (Å²) >= 11 is 0. The van der Waals surface area contributed by atoms with Crippen molar-refractivity contribution in [2.75, 3.05) is 13.2 Å². The van der Waals surface area contributed by atoms with Crippen LogP contribution in [0.5, 0.6) is 0 Å². The van der Waals surface area contributed by atoms with E-state index in [1.54, 1.807) is 13.8 Å². The van der Waals surface area contributed by atoms with Crippen molar-refractivity contribution in [3.8, 4) is 11.4 Å². The molecule has 2 rings (SSSR count). The van der Waals surface area contributed by atoms with Gasteiger partial charge in [0.15, 0.2) is 17.5 Å². The smallest absolute Gasteiger partial charge is 0.283 e. The predicted molar refractivity (Wildman–Crippen MR) is 65.6 cm³/mol. The third-order valence-electron chi connectivity index (χ3n) is 2.52. The molecule has 1 aromatic heterocycles. The summed E-state index contributed by atoms with van der Waals surface area (Å²) in [6.45, 7) is 4.21. The van der Waals surface area contributed by atoms with E-state index in [-0.39, 0.29) is 17.3 Å². The fraction of sp³-hybridized carbons (Fsp3) is 0.385. The highest BCUT2D eigenvalue weighted by Crippen LogP contribution is 2.24. The van der Waals surface area contributed by atoms with Gasteiger partial charge in [0.25, 0.3) is 5.89 Å². The van der Waals surface area contributed by atoms with Gasteiger partial charge >= 0.3 is 0 Å². The molecule has 0 radical (unpaired) electrons. The maximum absolute atomic E-state index is 13.2. The number of halogens is 3. The Bertz CT molecular complexity index is 589. The third-order valence-corrected chi connectivity index (χ3v) is 2.52. The van der Waals surface area contributed by atoms with Crippen LogP contribution in [0.15, 0.2) is 16.7 Å². The summed E-state index contributed by atoms with van der Waals surface area (Å²) in [4.78, 5) is 3.95. The maximum Gasteiger partial charge on any atom is 0.283 e. The molecule has 1 aromatic carbocycles. The number of hydrogen-bond donors (Lipinski definition) is 0. The molecule has 0 aliphatic heterocycles. The number of nitrogens with zero attached hydrogens (tertiary/aromatic N) is 2.